The number of hydrogen-bond acceptors (Lipinski definition) is 6. The van der Waals surface area contributed by atoms with E-state index in [-0.39, 0.29) is 34.6 Å². The maximum absolute atomic E-state index is 11.4. The molecule has 0 radical (unpaired) electrons. The summed E-state index contributed by atoms with van der Waals surface area (Å²) in [5.41, 5.74) is 16.5. The van der Waals surface area contributed by atoms with Gasteiger partial charge in [-0.2, -0.15) is 0 Å². The first kappa shape index (κ1) is 33.2. The Hall–Kier alpha value is -6.27. The van der Waals surface area contributed by atoms with Crippen molar-refractivity contribution in [1.29, 1.82) is 0 Å². The molecule has 3 aromatic carbocycles. The van der Waals surface area contributed by atoms with Gasteiger partial charge in [-0.15, -0.1) is 11.5 Å². The van der Waals surface area contributed by atoms with Crippen LogP contribution in [0.2, 0.25) is 0 Å². The van der Waals surface area contributed by atoms with Crippen LogP contribution in [0.4, 0.5) is 0 Å². The molecule has 6 nitrogen and oxygen atoms in total. The van der Waals surface area contributed by atoms with Gasteiger partial charge >= 0.3 is 0 Å². The van der Waals surface area contributed by atoms with E-state index in [1.54, 1.807) is 72.9 Å². The number of benzene rings is 3. The molecule has 6 heteroatoms. The van der Waals surface area contributed by atoms with Crippen LogP contribution < -0.4 is 10.2 Å². The minimum Gasteiger partial charge on any atom is -0.872 e. The van der Waals surface area contributed by atoms with Crippen LogP contribution >= 0.6 is 0 Å². The Kier molecular flexibility index (Phi) is 8.61. The van der Waals surface area contributed by atoms with E-state index in [1.807, 2.05) is 50.3 Å². The number of ketones is 3. The Labute approximate surface area is 296 Å². The first-order valence-electron chi connectivity index (χ1n) is 16.8. The smallest absolute Gasteiger partial charge is 0.178 e. The summed E-state index contributed by atoms with van der Waals surface area (Å²) in [5.74, 6) is 0.423. The fourth-order valence-corrected chi connectivity index (χ4v) is 7.55. The predicted octanol–water partition coefficient (Wildman–Crippen LogP) is 7.10. The number of carbonyl (C=O) groups excluding carboxylic acids is 3. The molecule has 252 valence electrons. The summed E-state index contributed by atoms with van der Waals surface area (Å²) >= 11 is 0. The molecular formula is C45H34O6-2. The Balaban J connectivity index is 0.000000119. The van der Waals surface area contributed by atoms with Crippen LogP contribution in [-0.4, -0.2) is 22.5 Å². The van der Waals surface area contributed by atoms with Crippen molar-refractivity contribution in [2.24, 2.45) is 0 Å². The minimum atomic E-state index is 0.0262. The lowest BCUT2D eigenvalue weighted by atomic mass is 9.80. The van der Waals surface area contributed by atoms with Crippen molar-refractivity contribution in [3.63, 3.8) is 0 Å². The normalized spacial score (nSPS) is 17.7. The maximum Gasteiger partial charge on any atom is 0.178 e. The lowest BCUT2D eigenvalue weighted by Gasteiger charge is -2.25. The standard InChI is InChI=1S/3C15H12O2/c3*1-9-14-4-2-12(16)7-10(14)6-11-8-13(17)3-5-15(9)11/h3*2-5,7-8,16H,6H2,1H3/p-2. The number of carbonyl (C=O) groups is 3. The van der Waals surface area contributed by atoms with Crippen LogP contribution in [-0.2, 0) is 33.6 Å². The summed E-state index contributed by atoms with van der Waals surface area (Å²) in [4.78, 5) is 34.1. The molecule has 0 bridgehead atoms. The van der Waals surface area contributed by atoms with Crippen molar-refractivity contribution in [1.82, 2.24) is 0 Å². The molecule has 51 heavy (non-hydrogen) atoms. The van der Waals surface area contributed by atoms with Gasteiger partial charge in [0.15, 0.2) is 17.3 Å². The third-order valence-corrected chi connectivity index (χ3v) is 10.0. The monoisotopic (exact) mass is 670 g/mol. The summed E-state index contributed by atoms with van der Waals surface area (Å²) in [5, 5.41) is 32.2. The Morgan fingerprint density at radius 1 is 0.471 bits per heavy atom. The summed E-state index contributed by atoms with van der Waals surface area (Å²) < 4.78 is 0. The number of hydrogen-bond donors (Lipinski definition) is 1. The van der Waals surface area contributed by atoms with Gasteiger partial charge in [0.05, 0.1) is 0 Å². The van der Waals surface area contributed by atoms with Crippen LogP contribution in [0.5, 0.6) is 17.2 Å². The van der Waals surface area contributed by atoms with E-state index in [0.717, 1.165) is 78.0 Å². The average molecular weight is 671 g/mol. The van der Waals surface area contributed by atoms with Gasteiger partial charge in [0.1, 0.15) is 5.75 Å². The second-order valence-electron chi connectivity index (χ2n) is 13.3. The molecule has 3 aromatic rings. The highest BCUT2D eigenvalue weighted by atomic mass is 16.3. The van der Waals surface area contributed by atoms with Crippen molar-refractivity contribution in [3.05, 3.63) is 176 Å². The summed E-state index contributed by atoms with van der Waals surface area (Å²) in [6, 6.07) is 15.7. The van der Waals surface area contributed by atoms with E-state index < -0.39 is 0 Å². The highest BCUT2D eigenvalue weighted by molar-refractivity contribution is 6.05. The molecule has 6 aliphatic rings. The van der Waals surface area contributed by atoms with Gasteiger partial charge < -0.3 is 15.3 Å². The summed E-state index contributed by atoms with van der Waals surface area (Å²) in [6.45, 7) is 6.12. The largest absolute Gasteiger partial charge is 0.872 e. The third-order valence-electron chi connectivity index (χ3n) is 10.0. The molecule has 0 spiro atoms. The van der Waals surface area contributed by atoms with E-state index in [2.05, 4.69) is 6.92 Å². The van der Waals surface area contributed by atoms with Crippen molar-refractivity contribution in [2.45, 2.75) is 40.0 Å². The SMILES string of the molecule is CC1=C2C=CC(=O)C=C2Cc2cc(O)ccc21.CC1=C2C=CC(=O)C=C2Cc2cc([O-])ccc21.CC1=C2C=CC(=O)C=C2Cc2cc([O-])ccc21. The van der Waals surface area contributed by atoms with E-state index >= 15 is 0 Å². The molecule has 0 atom stereocenters. The molecule has 0 unspecified atom stereocenters. The third kappa shape index (κ3) is 6.56. The molecular weight excluding hydrogens is 636 g/mol. The van der Waals surface area contributed by atoms with Crippen LogP contribution in [0.1, 0.15) is 54.2 Å². The highest BCUT2D eigenvalue weighted by Gasteiger charge is 2.23. The van der Waals surface area contributed by atoms with E-state index in [0.29, 0.717) is 19.3 Å². The summed E-state index contributed by atoms with van der Waals surface area (Å²) in [6.07, 6.45) is 17.5. The molecule has 0 saturated heterocycles. The van der Waals surface area contributed by atoms with Gasteiger partial charge in [-0.1, -0.05) is 60.7 Å². The number of aromatic hydroxyl groups is 1. The first-order valence-corrected chi connectivity index (χ1v) is 16.8. The van der Waals surface area contributed by atoms with Gasteiger partial charge in [0.2, 0.25) is 0 Å². The zero-order chi connectivity index (χ0) is 36.0. The van der Waals surface area contributed by atoms with E-state index in [9.17, 15) is 29.7 Å². The fraction of sp³-hybridized carbons (Fsp3) is 0.133. The molecule has 9 rings (SSSR count). The molecule has 0 aromatic heterocycles. The van der Waals surface area contributed by atoms with Crippen molar-refractivity contribution in [2.75, 3.05) is 0 Å². The fourth-order valence-electron chi connectivity index (χ4n) is 7.55. The van der Waals surface area contributed by atoms with Crippen molar-refractivity contribution < 1.29 is 29.7 Å². The molecule has 0 amide bonds. The van der Waals surface area contributed by atoms with Crippen LogP contribution in [0.25, 0.3) is 16.7 Å². The van der Waals surface area contributed by atoms with Crippen molar-refractivity contribution in [3.8, 4) is 17.2 Å². The van der Waals surface area contributed by atoms with E-state index in [4.69, 9.17) is 0 Å². The zero-order valence-corrected chi connectivity index (χ0v) is 28.5. The average Bonchev–Trinajstić information content (AvgIpc) is 3.08. The molecule has 0 fully saturated rings. The predicted molar refractivity (Wildman–Crippen MR) is 195 cm³/mol. The summed E-state index contributed by atoms with van der Waals surface area (Å²) in [7, 11) is 0. The second-order valence-corrected chi connectivity index (χ2v) is 13.3. The van der Waals surface area contributed by atoms with Gasteiger partial charge in [-0.05, 0) is 172 Å². The van der Waals surface area contributed by atoms with Crippen LogP contribution in [0, 0.1) is 0 Å². The molecule has 0 saturated carbocycles. The second kappa shape index (κ2) is 13.2. The molecule has 0 aliphatic heterocycles. The minimum absolute atomic E-state index is 0.0262. The van der Waals surface area contributed by atoms with Crippen LogP contribution in [0.3, 0.4) is 0 Å². The van der Waals surface area contributed by atoms with Gasteiger partial charge in [-0.25, -0.2) is 0 Å². The van der Waals surface area contributed by atoms with Crippen LogP contribution in [0.15, 0.2) is 143 Å². The first-order chi connectivity index (χ1) is 24.4. The molecule has 6 aliphatic carbocycles. The van der Waals surface area contributed by atoms with E-state index in [1.165, 1.54) is 5.57 Å². The molecule has 1 N–H and O–H groups in total. The topological polar surface area (TPSA) is 118 Å². The van der Waals surface area contributed by atoms with Crippen molar-refractivity contribution >= 4 is 34.1 Å². The maximum atomic E-state index is 11.4. The Bertz CT molecular complexity index is 2110. The van der Waals surface area contributed by atoms with Gasteiger partial charge in [0, 0.05) is 0 Å². The lowest BCUT2D eigenvalue weighted by Crippen LogP contribution is -2.10. The van der Waals surface area contributed by atoms with Gasteiger partial charge in [-0.3, -0.25) is 14.4 Å². The number of rotatable bonds is 0. The number of fused-ring (bicyclic) bond motifs is 6. The Morgan fingerprint density at radius 3 is 1.18 bits per heavy atom. The number of allylic oxidation sites excluding steroid dienone is 18. The van der Waals surface area contributed by atoms with Gasteiger partial charge in [0.25, 0.3) is 0 Å². The zero-order valence-electron chi connectivity index (χ0n) is 28.5. The quantitative estimate of drug-likeness (QED) is 0.273. The lowest BCUT2D eigenvalue weighted by molar-refractivity contribution is -0.269. The number of phenols is 1. The number of phenolic OH excluding ortho intramolecular Hbond substituents is 1. The highest BCUT2D eigenvalue weighted by Crippen LogP contribution is 2.40. The Morgan fingerprint density at radius 2 is 0.804 bits per heavy atom. The molecule has 0 heterocycles.